The number of benzene rings is 1. The lowest BCUT2D eigenvalue weighted by Crippen LogP contribution is -2.32. The molecule has 0 aliphatic carbocycles. The third kappa shape index (κ3) is 2.65. The van der Waals surface area contributed by atoms with E-state index in [1.165, 1.54) is 32.4 Å². The van der Waals surface area contributed by atoms with Crippen molar-refractivity contribution in [1.29, 1.82) is 0 Å². The van der Waals surface area contributed by atoms with Crippen LogP contribution in [-0.2, 0) is 6.54 Å². The highest BCUT2D eigenvalue weighted by atomic mass is 16.6. The number of likely N-dealkylation sites (tertiary alicyclic amines) is 1. The monoisotopic (exact) mass is 274 g/mol. The molecule has 6 nitrogen and oxygen atoms in total. The Hall–Kier alpha value is -1.95. The van der Waals surface area contributed by atoms with E-state index >= 15 is 0 Å². The molecule has 0 saturated carbocycles. The van der Waals surface area contributed by atoms with Gasteiger partial charge in [-0.15, -0.1) is 0 Å². The first-order valence-electron chi connectivity index (χ1n) is 7.06. The first-order valence-corrected chi connectivity index (χ1v) is 7.06. The molecular weight excluding hydrogens is 256 g/mol. The summed E-state index contributed by atoms with van der Waals surface area (Å²) in [6.07, 6.45) is 5.61. The van der Waals surface area contributed by atoms with Crippen LogP contribution in [0.5, 0.6) is 0 Å². The van der Waals surface area contributed by atoms with Gasteiger partial charge in [0.05, 0.1) is 23.2 Å². The van der Waals surface area contributed by atoms with Gasteiger partial charge >= 0.3 is 0 Å². The third-order valence-electron chi connectivity index (χ3n) is 3.91. The average molecular weight is 274 g/mol. The van der Waals surface area contributed by atoms with Gasteiger partial charge in [-0.3, -0.25) is 14.8 Å². The molecule has 106 valence electrons. The third-order valence-corrected chi connectivity index (χ3v) is 3.91. The largest absolute Gasteiger partial charge is 0.301 e. The van der Waals surface area contributed by atoms with Gasteiger partial charge < -0.3 is 4.90 Å². The fourth-order valence-electron chi connectivity index (χ4n) is 2.79. The summed E-state index contributed by atoms with van der Waals surface area (Å²) >= 11 is 0. The number of hydrogen-bond acceptors (Lipinski definition) is 4. The van der Waals surface area contributed by atoms with E-state index in [1.807, 2.05) is 4.68 Å². The van der Waals surface area contributed by atoms with E-state index in [9.17, 15) is 10.1 Å². The summed E-state index contributed by atoms with van der Waals surface area (Å²) in [5.41, 5.74) is 1.08. The van der Waals surface area contributed by atoms with Crippen LogP contribution in [0.2, 0.25) is 0 Å². The zero-order valence-electron chi connectivity index (χ0n) is 11.4. The summed E-state index contributed by atoms with van der Waals surface area (Å²) in [5.74, 6) is 0. The molecule has 1 aromatic heterocycles. The van der Waals surface area contributed by atoms with Crippen LogP contribution in [0.1, 0.15) is 19.3 Å². The predicted molar refractivity (Wildman–Crippen MR) is 76.7 cm³/mol. The normalized spacial score (nSPS) is 16.6. The van der Waals surface area contributed by atoms with Gasteiger partial charge in [-0.05, 0) is 32.0 Å². The van der Waals surface area contributed by atoms with Gasteiger partial charge in [0, 0.05) is 24.1 Å². The number of nitro groups is 1. The molecule has 0 N–H and O–H groups in total. The van der Waals surface area contributed by atoms with Crippen molar-refractivity contribution in [2.24, 2.45) is 0 Å². The van der Waals surface area contributed by atoms with Gasteiger partial charge in [-0.2, -0.15) is 5.10 Å². The Morgan fingerprint density at radius 1 is 1.20 bits per heavy atom. The molecule has 2 heterocycles. The number of non-ortho nitro benzene ring substituents is 1. The summed E-state index contributed by atoms with van der Waals surface area (Å²) in [5, 5.41) is 15.9. The molecule has 6 heteroatoms. The molecule has 0 atom stereocenters. The molecule has 3 rings (SSSR count). The molecule has 1 aromatic carbocycles. The molecule has 1 aliphatic rings. The van der Waals surface area contributed by atoms with Gasteiger partial charge in [0.1, 0.15) is 0 Å². The zero-order valence-corrected chi connectivity index (χ0v) is 11.4. The molecule has 1 saturated heterocycles. The van der Waals surface area contributed by atoms with Crippen molar-refractivity contribution in [3.8, 4) is 0 Å². The van der Waals surface area contributed by atoms with Crippen LogP contribution >= 0.6 is 0 Å². The maximum Gasteiger partial charge on any atom is 0.270 e. The van der Waals surface area contributed by atoms with Gasteiger partial charge in [-0.1, -0.05) is 6.42 Å². The Bertz CT molecular complexity index is 617. The predicted octanol–water partition coefficient (Wildman–Crippen LogP) is 2.43. The highest BCUT2D eigenvalue weighted by Gasteiger charge is 2.12. The first-order chi connectivity index (χ1) is 9.74. The molecule has 1 aliphatic heterocycles. The van der Waals surface area contributed by atoms with E-state index in [-0.39, 0.29) is 10.6 Å². The molecule has 0 spiro atoms. The zero-order chi connectivity index (χ0) is 13.9. The molecular formula is C14H18N4O2. The standard InChI is InChI=1S/C14H18N4O2/c19-18(20)13-4-5-14-12(10-13)11-15-17(14)9-8-16-6-2-1-3-7-16/h4-5,10-11H,1-3,6-9H2. The van der Waals surface area contributed by atoms with Gasteiger partial charge in [0.25, 0.3) is 5.69 Å². The lowest BCUT2D eigenvalue weighted by atomic mass is 10.1. The Labute approximate surface area is 117 Å². The molecule has 1 fully saturated rings. The number of rotatable bonds is 4. The second kappa shape index (κ2) is 5.58. The summed E-state index contributed by atoms with van der Waals surface area (Å²) in [6, 6.07) is 4.91. The van der Waals surface area contributed by atoms with Crippen LogP contribution in [0.3, 0.4) is 0 Å². The Kier molecular flexibility index (Phi) is 3.64. The number of nitrogens with zero attached hydrogens (tertiary/aromatic N) is 4. The molecule has 20 heavy (non-hydrogen) atoms. The summed E-state index contributed by atoms with van der Waals surface area (Å²) in [4.78, 5) is 12.8. The van der Waals surface area contributed by atoms with E-state index in [0.717, 1.165) is 24.0 Å². The molecule has 0 amide bonds. The smallest absolute Gasteiger partial charge is 0.270 e. The van der Waals surface area contributed by atoms with E-state index in [0.29, 0.717) is 0 Å². The molecule has 0 radical (unpaired) electrons. The minimum absolute atomic E-state index is 0.119. The quantitative estimate of drug-likeness (QED) is 0.634. The van der Waals surface area contributed by atoms with Crippen LogP contribution < -0.4 is 0 Å². The number of nitro benzene ring substituents is 1. The van der Waals surface area contributed by atoms with Crippen LogP contribution in [0.4, 0.5) is 5.69 Å². The van der Waals surface area contributed by atoms with Gasteiger partial charge in [0.2, 0.25) is 0 Å². The lowest BCUT2D eigenvalue weighted by Gasteiger charge is -2.26. The van der Waals surface area contributed by atoms with E-state index in [2.05, 4.69) is 10.00 Å². The number of aromatic nitrogens is 2. The topological polar surface area (TPSA) is 64.2 Å². The maximum absolute atomic E-state index is 10.8. The van der Waals surface area contributed by atoms with E-state index in [4.69, 9.17) is 0 Å². The van der Waals surface area contributed by atoms with Crippen LogP contribution in [-0.4, -0.2) is 39.2 Å². The van der Waals surface area contributed by atoms with Crippen molar-refractivity contribution < 1.29 is 4.92 Å². The van der Waals surface area contributed by atoms with E-state index in [1.54, 1.807) is 24.4 Å². The summed E-state index contributed by atoms with van der Waals surface area (Å²) < 4.78 is 1.94. The molecule has 0 bridgehead atoms. The minimum atomic E-state index is -0.371. The van der Waals surface area contributed by atoms with Gasteiger partial charge in [0.15, 0.2) is 0 Å². The van der Waals surface area contributed by atoms with Crippen molar-refractivity contribution in [3.05, 3.63) is 34.5 Å². The fourth-order valence-corrected chi connectivity index (χ4v) is 2.79. The second-order valence-electron chi connectivity index (χ2n) is 5.27. The van der Waals surface area contributed by atoms with Crippen molar-refractivity contribution in [2.45, 2.75) is 25.8 Å². The van der Waals surface area contributed by atoms with Crippen molar-refractivity contribution in [2.75, 3.05) is 19.6 Å². The van der Waals surface area contributed by atoms with Crippen LogP contribution in [0.25, 0.3) is 10.9 Å². The maximum atomic E-state index is 10.8. The Morgan fingerprint density at radius 3 is 2.75 bits per heavy atom. The fraction of sp³-hybridized carbons (Fsp3) is 0.500. The Morgan fingerprint density at radius 2 is 2.00 bits per heavy atom. The minimum Gasteiger partial charge on any atom is -0.301 e. The van der Waals surface area contributed by atoms with Crippen molar-refractivity contribution in [1.82, 2.24) is 14.7 Å². The van der Waals surface area contributed by atoms with Crippen molar-refractivity contribution in [3.63, 3.8) is 0 Å². The summed E-state index contributed by atoms with van der Waals surface area (Å²) in [6.45, 7) is 4.17. The number of piperidine rings is 1. The molecule has 0 unspecified atom stereocenters. The summed E-state index contributed by atoms with van der Waals surface area (Å²) in [7, 11) is 0. The average Bonchev–Trinajstić information content (AvgIpc) is 2.88. The number of hydrogen-bond donors (Lipinski definition) is 0. The van der Waals surface area contributed by atoms with Gasteiger partial charge in [-0.25, -0.2) is 0 Å². The molecule has 2 aromatic rings. The highest BCUT2D eigenvalue weighted by Crippen LogP contribution is 2.20. The van der Waals surface area contributed by atoms with Crippen molar-refractivity contribution >= 4 is 16.6 Å². The van der Waals surface area contributed by atoms with E-state index < -0.39 is 0 Å². The second-order valence-corrected chi connectivity index (χ2v) is 5.27. The lowest BCUT2D eigenvalue weighted by molar-refractivity contribution is -0.384. The van der Waals surface area contributed by atoms with Crippen LogP contribution in [0.15, 0.2) is 24.4 Å². The Balaban J connectivity index is 1.73. The first kappa shape index (κ1) is 13.1. The SMILES string of the molecule is O=[N+]([O-])c1ccc2c(cnn2CCN2CCCCC2)c1. The van der Waals surface area contributed by atoms with Crippen LogP contribution in [0, 0.1) is 10.1 Å². The number of fused-ring (bicyclic) bond motifs is 1. The highest BCUT2D eigenvalue weighted by molar-refractivity contribution is 5.81.